The molecule has 2 N–H and O–H groups in total. The second-order valence-electron chi connectivity index (χ2n) is 11.3. The van der Waals surface area contributed by atoms with Crippen LogP contribution in [0.2, 0.25) is 15.1 Å². The van der Waals surface area contributed by atoms with Gasteiger partial charge in [-0.05, 0) is 67.1 Å². The predicted octanol–water partition coefficient (Wildman–Crippen LogP) is 5.20. The number of pyridine rings is 1. The number of alkyl carbamates (subject to hydrolysis) is 1. The minimum Gasteiger partial charge on any atom is -0.487 e. The Bertz CT molecular complexity index is 1580. The molecule has 1 saturated carbocycles. The molecule has 0 unspecified atom stereocenters. The molecule has 2 fully saturated rings. The minimum atomic E-state index is -0.769. The lowest BCUT2D eigenvalue weighted by Crippen LogP contribution is -2.61. The zero-order valence-electron chi connectivity index (χ0n) is 26.1. The van der Waals surface area contributed by atoms with Crippen LogP contribution >= 0.6 is 34.8 Å². The summed E-state index contributed by atoms with van der Waals surface area (Å²) in [6.45, 7) is 3.34. The van der Waals surface area contributed by atoms with Gasteiger partial charge in [0.1, 0.15) is 19.3 Å². The third-order valence-corrected chi connectivity index (χ3v) is 8.72. The Morgan fingerprint density at radius 2 is 1.79 bits per heavy atom. The van der Waals surface area contributed by atoms with E-state index >= 15 is 0 Å². The van der Waals surface area contributed by atoms with Crippen LogP contribution in [-0.2, 0) is 27.3 Å². The van der Waals surface area contributed by atoms with Gasteiger partial charge in [0.25, 0.3) is 0 Å². The second kappa shape index (κ2) is 15.9. The van der Waals surface area contributed by atoms with Gasteiger partial charge in [-0.1, -0.05) is 46.9 Å². The standard InChI is InChI=1S/C33H36Cl3N5O6/c1-20-13-26(35)31(27(36)14-20)47-12-11-46-29-8-6-24(16-39-29)41-28(17-37-18-30(41)42)32(43)40(23-4-5-23)19-22-15-21(3-7-25(22)34)9-10-38-33(44)45-2/h3,6-8,13-16,23,28,37H,4-5,9-12,17-19H2,1-2H3,(H,38,44)/t28-/m1/s1. The Labute approximate surface area is 288 Å². The van der Waals surface area contributed by atoms with E-state index in [-0.39, 0.29) is 37.6 Å². The molecule has 1 atom stereocenters. The summed E-state index contributed by atoms with van der Waals surface area (Å²) in [7, 11) is 1.32. The largest absolute Gasteiger partial charge is 0.487 e. The molecule has 14 heteroatoms. The Morgan fingerprint density at radius 3 is 2.47 bits per heavy atom. The van der Waals surface area contributed by atoms with Crippen molar-refractivity contribution in [1.82, 2.24) is 20.5 Å². The molecular weight excluding hydrogens is 669 g/mol. The number of nitrogens with zero attached hydrogens (tertiary/aromatic N) is 3. The smallest absolute Gasteiger partial charge is 0.406 e. The van der Waals surface area contributed by atoms with Gasteiger partial charge in [0.15, 0.2) is 5.75 Å². The van der Waals surface area contributed by atoms with E-state index < -0.39 is 12.1 Å². The van der Waals surface area contributed by atoms with E-state index in [1.807, 2.05) is 24.0 Å². The highest BCUT2D eigenvalue weighted by molar-refractivity contribution is 6.37. The molecule has 5 rings (SSSR count). The number of hydrogen-bond acceptors (Lipinski definition) is 8. The molecule has 3 amide bonds. The van der Waals surface area contributed by atoms with Gasteiger partial charge >= 0.3 is 6.09 Å². The quantitative estimate of drug-likeness (QED) is 0.233. The van der Waals surface area contributed by atoms with E-state index in [9.17, 15) is 14.4 Å². The van der Waals surface area contributed by atoms with Crippen LogP contribution in [0.3, 0.4) is 0 Å². The first-order valence-corrected chi connectivity index (χ1v) is 16.4. The van der Waals surface area contributed by atoms with Crippen LogP contribution in [0.5, 0.6) is 11.6 Å². The number of carbonyl (C=O) groups is 3. The normalized spacial score (nSPS) is 16.1. The lowest BCUT2D eigenvalue weighted by molar-refractivity contribution is -0.136. The van der Waals surface area contributed by atoms with Gasteiger partial charge in [-0.15, -0.1) is 0 Å². The van der Waals surface area contributed by atoms with Gasteiger partial charge in [0, 0.05) is 36.8 Å². The van der Waals surface area contributed by atoms with Crippen molar-refractivity contribution in [2.75, 3.05) is 44.9 Å². The highest BCUT2D eigenvalue weighted by Gasteiger charge is 2.41. The maximum atomic E-state index is 14.1. The number of hydrogen-bond donors (Lipinski definition) is 2. The van der Waals surface area contributed by atoms with Crippen LogP contribution in [0.1, 0.15) is 29.5 Å². The van der Waals surface area contributed by atoms with E-state index in [4.69, 9.17) is 44.3 Å². The number of carbonyl (C=O) groups excluding carboxylic acids is 3. The number of amides is 3. The number of piperazine rings is 1. The summed E-state index contributed by atoms with van der Waals surface area (Å²) >= 11 is 19.1. The summed E-state index contributed by atoms with van der Waals surface area (Å²) in [5.74, 6) is 0.314. The van der Waals surface area contributed by atoms with Gasteiger partial charge in [-0.3, -0.25) is 14.5 Å². The van der Waals surface area contributed by atoms with Crippen LogP contribution in [0.4, 0.5) is 10.5 Å². The summed E-state index contributed by atoms with van der Waals surface area (Å²) in [4.78, 5) is 46.4. The highest BCUT2D eigenvalue weighted by atomic mass is 35.5. The first-order valence-electron chi connectivity index (χ1n) is 15.2. The number of ether oxygens (including phenoxy) is 3. The minimum absolute atomic E-state index is 0.0582. The average Bonchev–Trinajstić information content (AvgIpc) is 3.89. The topological polar surface area (TPSA) is 122 Å². The number of methoxy groups -OCH3 is 1. The monoisotopic (exact) mass is 703 g/mol. The summed E-state index contributed by atoms with van der Waals surface area (Å²) in [5.41, 5.74) is 3.18. The fraction of sp³-hybridized carbons (Fsp3) is 0.394. The van der Waals surface area contributed by atoms with Crippen LogP contribution < -0.4 is 25.0 Å². The van der Waals surface area contributed by atoms with Crippen LogP contribution in [0.25, 0.3) is 0 Å². The van der Waals surface area contributed by atoms with Crippen molar-refractivity contribution in [3.63, 3.8) is 0 Å². The molecule has 1 aromatic heterocycles. The van der Waals surface area contributed by atoms with E-state index in [0.717, 1.165) is 29.5 Å². The molecule has 2 heterocycles. The maximum Gasteiger partial charge on any atom is 0.406 e. The first kappa shape index (κ1) is 34.6. The van der Waals surface area contributed by atoms with Crippen molar-refractivity contribution < 1.29 is 28.6 Å². The Balaban J connectivity index is 1.23. The number of aryl methyl sites for hydroxylation is 1. The summed E-state index contributed by atoms with van der Waals surface area (Å²) < 4.78 is 16.1. The zero-order chi connectivity index (χ0) is 33.5. The number of nitrogens with one attached hydrogen (secondary N) is 2. The van der Waals surface area contributed by atoms with Crippen molar-refractivity contribution in [2.24, 2.45) is 0 Å². The van der Waals surface area contributed by atoms with Crippen LogP contribution in [-0.4, -0.2) is 79.8 Å². The molecule has 1 saturated heterocycles. The Hall–Kier alpha value is -3.77. The van der Waals surface area contributed by atoms with Crippen molar-refractivity contribution in [3.05, 3.63) is 80.4 Å². The number of benzene rings is 2. The van der Waals surface area contributed by atoms with Gasteiger partial charge in [-0.25, -0.2) is 9.78 Å². The number of rotatable bonds is 13. The van der Waals surface area contributed by atoms with Crippen molar-refractivity contribution in [1.29, 1.82) is 0 Å². The molecule has 0 radical (unpaired) electrons. The predicted molar refractivity (Wildman–Crippen MR) is 180 cm³/mol. The fourth-order valence-electron chi connectivity index (χ4n) is 5.34. The molecule has 2 aromatic carbocycles. The first-order chi connectivity index (χ1) is 22.6. The lowest BCUT2D eigenvalue weighted by Gasteiger charge is -2.38. The van der Waals surface area contributed by atoms with Crippen molar-refractivity contribution in [3.8, 4) is 11.6 Å². The zero-order valence-corrected chi connectivity index (χ0v) is 28.3. The SMILES string of the molecule is COC(=O)NCCc1ccc(Cl)c(CN(C(=O)[C@H]2CNCC(=O)N2c2ccc(OCCOc3c(Cl)cc(C)cc3Cl)nc2)C2CC2)c1. The molecular formula is C33H36Cl3N5O6. The second-order valence-corrected chi connectivity index (χ2v) is 12.5. The molecule has 1 aliphatic heterocycles. The molecule has 250 valence electrons. The van der Waals surface area contributed by atoms with Crippen molar-refractivity contribution >= 4 is 58.4 Å². The van der Waals surface area contributed by atoms with Crippen LogP contribution in [0, 0.1) is 6.92 Å². The highest BCUT2D eigenvalue weighted by Crippen LogP contribution is 2.34. The van der Waals surface area contributed by atoms with Crippen LogP contribution in [0.15, 0.2) is 48.7 Å². The molecule has 0 spiro atoms. The maximum absolute atomic E-state index is 14.1. The van der Waals surface area contributed by atoms with E-state index in [1.54, 1.807) is 30.3 Å². The summed E-state index contributed by atoms with van der Waals surface area (Å²) in [6, 6.07) is 11.8. The number of anilines is 1. The van der Waals surface area contributed by atoms with E-state index in [2.05, 4.69) is 20.4 Å². The third-order valence-electron chi connectivity index (χ3n) is 7.79. The molecule has 3 aromatic rings. The van der Waals surface area contributed by atoms with E-state index in [1.165, 1.54) is 18.2 Å². The number of aromatic nitrogens is 1. The summed E-state index contributed by atoms with van der Waals surface area (Å²) in [5, 5.41) is 7.13. The number of halogens is 3. The molecule has 2 aliphatic rings. The Morgan fingerprint density at radius 1 is 1.04 bits per heavy atom. The molecule has 47 heavy (non-hydrogen) atoms. The average molecular weight is 705 g/mol. The molecule has 11 nitrogen and oxygen atoms in total. The fourth-order valence-corrected chi connectivity index (χ4v) is 6.22. The third kappa shape index (κ3) is 8.98. The van der Waals surface area contributed by atoms with Gasteiger partial charge in [-0.2, -0.15) is 0 Å². The van der Waals surface area contributed by atoms with Gasteiger partial charge in [0.2, 0.25) is 17.7 Å². The Kier molecular flexibility index (Phi) is 11.7. The van der Waals surface area contributed by atoms with Gasteiger partial charge < -0.3 is 29.7 Å². The molecule has 0 bridgehead atoms. The van der Waals surface area contributed by atoms with Crippen molar-refractivity contribution in [2.45, 2.75) is 44.8 Å². The molecule has 1 aliphatic carbocycles. The summed E-state index contributed by atoms with van der Waals surface area (Å²) in [6.07, 6.45) is 3.35. The lowest BCUT2D eigenvalue weighted by atomic mass is 10.1. The van der Waals surface area contributed by atoms with Gasteiger partial charge in [0.05, 0.1) is 35.6 Å². The van der Waals surface area contributed by atoms with E-state index in [0.29, 0.717) is 58.4 Å².